The third-order valence-electron chi connectivity index (χ3n) is 4.86. The highest BCUT2D eigenvalue weighted by Crippen LogP contribution is 2.33. The number of amides is 1. The lowest BCUT2D eigenvalue weighted by Gasteiger charge is -2.33. The summed E-state index contributed by atoms with van der Waals surface area (Å²) < 4.78 is 1.52. The van der Waals surface area contributed by atoms with E-state index in [2.05, 4.69) is 17.1 Å². The van der Waals surface area contributed by atoms with Crippen LogP contribution in [0.15, 0.2) is 24.3 Å². The number of aromatic nitrogens is 2. The quantitative estimate of drug-likeness (QED) is 0.863. The van der Waals surface area contributed by atoms with Crippen molar-refractivity contribution in [1.29, 1.82) is 10.5 Å². The number of aryl methyl sites for hydroxylation is 2. The minimum Gasteiger partial charge on any atom is -0.337 e. The van der Waals surface area contributed by atoms with Crippen molar-refractivity contribution in [2.45, 2.75) is 38.8 Å². The van der Waals surface area contributed by atoms with Gasteiger partial charge in [0.1, 0.15) is 24.5 Å². The molecule has 1 amide bonds. The van der Waals surface area contributed by atoms with Crippen molar-refractivity contribution in [3.63, 3.8) is 0 Å². The van der Waals surface area contributed by atoms with Crippen LogP contribution >= 0.6 is 0 Å². The largest absolute Gasteiger partial charge is 0.337 e. The van der Waals surface area contributed by atoms with E-state index in [0.29, 0.717) is 5.82 Å². The molecule has 6 nitrogen and oxygen atoms in total. The van der Waals surface area contributed by atoms with E-state index in [4.69, 9.17) is 5.26 Å². The summed E-state index contributed by atoms with van der Waals surface area (Å²) in [6.07, 6.45) is 3.02. The Morgan fingerprint density at radius 1 is 1.36 bits per heavy atom. The third kappa shape index (κ3) is 2.99. The van der Waals surface area contributed by atoms with E-state index in [1.54, 1.807) is 18.9 Å². The van der Waals surface area contributed by atoms with Gasteiger partial charge in [-0.05, 0) is 37.3 Å². The van der Waals surface area contributed by atoms with E-state index in [1.165, 1.54) is 15.7 Å². The van der Waals surface area contributed by atoms with Gasteiger partial charge in [-0.1, -0.05) is 24.3 Å². The maximum absolute atomic E-state index is 12.8. The van der Waals surface area contributed by atoms with Crippen LogP contribution in [0, 0.1) is 29.6 Å². The van der Waals surface area contributed by atoms with E-state index in [1.807, 2.05) is 24.3 Å². The number of hydrogen-bond acceptors (Lipinski definition) is 4. The van der Waals surface area contributed by atoms with Crippen LogP contribution in [0.25, 0.3) is 0 Å². The fourth-order valence-electron chi connectivity index (χ4n) is 3.50. The molecule has 0 aliphatic heterocycles. The van der Waals surface area contributed by atoms with Crippen molar-refractivity contribution in [3.05, 3.63) is 52.6 Å². The number of carbonyl (C=O) groups is 1. The fourth-order valence-corrected chi connectivity index (χ4v) is 3.50. The molecule has 1 aliphatic carbocycles. The standard InChI is InChI=1S/C19H19N5O/c1-13-22-16(10-20)18(11-21)24(13)12-19(25)23(2)17-9-5-7-14-6-3-4-8-15(14)17/h3-4,6,8,17H,5,7,9,12H2,1-2H3. The Labute approximate surface area is 146 Å². The van der Waals surface area contributed by atoms with Crippen molar-refractivity contribution >= 4 is 5.91 Å². The Morgan fingerprint density at radius 2 is 2.12 bits per heavy atom. The number of nitriles is 2. The maximum Gasteiger partial charge on any atom is 0.242 e. The molecule has 0 bridgehead atoms. The van der Waals surface area contributed by atoms with Crippen LogP contribution in [0.5, 0.6) is 0 Å². The summed E-state index contributed by atoms with van der Waals surface area (Å²) >= 11 is 0. The van der Waals surface area contributed by atoms with Crippen molar-refractivity contribution in [3.8, 4) is 12.1 Å². The first-order chi connectivity index (χ1) is 12.1. The number of benzene rings is 1. The number of rotatable bonds is 3. The molecular weight excluding hydrogens is 314 g/mol. The molecular formula is C19H19N5O. The zero-order valence-corrected chi connectivity index (χ0v) is 14.4. The van der Waals surface area contributed by atoms with Gasteiger partial charge in [-0.25, -0.2) is 4.98 Å². The molecule has 1 heterocycles. The van der Waals surface area contributed by atoms with E-state index < -0.39 is 0 Å². The fraction of sp³-hybridized carbons (Fsp3) is 0.368. The smallest absolute Gasteiger partial charge is 0.242 e. The second kappa shape index (κ2) is 6.78. The van der Waals surface area contributed by atoms with Gasteiger partial charge in [-0.3, -0.25) is 4.79 Å². The molecule has 1 atom stereocenters. The summed E-state index contributed by atoms with van der Waals surface area (Å²) in [4.78, 5) is 18.6. The Hall–Kier alpha value is -3.12. The number of fused-ring (bicyclic) bond motifs is 1. The number of hydrogen-bond donors (Lipinski definition) is 0. The van der Waals surface area contributed by atoms with Gasteiger partial charge in [0.2, 0.25) is 5.91 Å². The van der Waals surface area contributed by atoms with Gasteiger partial charge in [0.15, 0.2) is 11.4 Å². The summed E-state index contributed by atoms with van der Waals surface area (Å²) in [5.74, 6) is 0.405. The average molecular weight is 333 g/mol. The lowest BCUT2D eigenvalue weighted by Crippen LogP contribution is -2.36. The number of imidazole rings is 1. The molecule has 1 aromatic heterocycles. The first-order valence-electron chi connectivity index (χ1n) is 8.27. The predicted molar refractivity (Wildman–Crippen MR) is 91.3 cm³/mol. The summed E-state index contributed by atoms with van der Waals surface area (Å²) in [5.41, 5.74) is 2.70. The monoisotopic (exact) mass is 333 g/mol. The minimum absolute atomic E-state index is 0.0125. The number of carbonyl (C=O) groups excluding carboxylic acids is 1. The summed E-state index contributed by atoms with van der Waals surface area (Å²) in [5, 5.41) is 18.4. The second-order valence-corrected chi connectivity index (χ2v) is 6.28. The molecule has 1 aromatic carbocycles. The van der Waals surface area contributed by atoms with Gasteiger partial charge in [-0.2, -0.15) is 10.5 Å². The van der Waals surface area contributed by atoms with Crippen molar-refractivity contribution < 1.29 is 4.79 Å². The number of likely N-dealkylation sites (N-methyl/N-ethyl adjacent to an activating group) is 1. The second-order valence-electron chi connectivity index (χ2n) is 6.28. The molecule has 1 unspecified atom stereocenters. The first-order valence-corrected chi connectivity index (χ1v) is 8.27. The van der Waals surface area contributed by atoms with Crippen LogP contribution in [-0.4, -0.2) is 27.4 Å². The lowest BCUT2D eigenvalue weighted by atomic mass is 9.87. The molecule has 2 aromatic rings. The van der Waals surface area contributed by atoms with Gasteiger partial charge in [0, 0.05) is 7.05 Å². The van der Waals surface area contributed by atoms with Gasteiger partial charge in [-0.15, -0.1) is 0 Å². The SMILES string of the molecule is Cc1nc(C#N)c(C#N)n1CC(=O)N(C)C1CCCc2ccccc21. The zero-order valence-electron chi connectivity index (χ0n) is 14.4. The van der Waals surface area contributed by atoms with Crippen LogP contribution in [0.4, 0.5) is 0 Å². The van der Waals surface area contributed by atoms with Gasteiger partial charge in [0.05, 0.1) is 6.04 Å². The first kappa shape index (κ1) is 16.7. The number of nitrogens with zero attached hydrogens (tertiary/aromatic N) is 5. The summed E-state index contributed by atoms with van der Waals surface area (Å²) in [7, 11) is 1.80. The Morgan fingerprint density at radius 3 is 2.84 bits per heavy atom. The van der Waals surface area contributed by atoms with Gasteiger partial charge in [0.25, 0.3) is 0 Å². The van der Waals surface area contributed by atoms with Crippen molar-refractivity contribution in [2.24, 2.45) is 0 Å². The highest BCUT2D eigenvalue weighted by Gasteiger charge is 2.27. The molecule has 6 heteroatoms. The molecule has 3 rings (SSSR count). The van der Waals surface area contributed by atoms with Crippen LogP contribution in [-0.2, 0) is 17.8 Å². The van der Waals surface area contributed by atoms with Crippen molar-refractivity contribution in [1.82, 2.24) is 14.5 Å². The molecule has 0 radical (unpaired) electrons. The van der Waals surface area contributed by atoms with E-state index in [9.17, 15) is 10.1 Å². The van der Waals surface area contributed by atoms with Crippen LogP contribution < -0.4 is 0 Å². The normalized spacial score (nSPS) is 15.8. The lowest BCUT2D eigenvalue weighted by molar-refractivity contribution is -0.133. The zero-order chi connectivity index (χ0) is 18.0. The highest BCUT2D eigenvalue weighted by molar-refractivity contribution is 5.76. The topological polar surface area (TPSA) is 85.7 Å². The Balaban J connectivity index is 1.85. The van der Waals surface area contributed by atoms with Crippen LogP contribution in [0.1, 0.15) is 47.2 Å². The Kier molecular flexibility index (Phi) is 4.54. The molecule has 0 saturated heterocycles. The van der Waals surface area contributed by atoms with Crippen LogP contribution in [0.3, 0.4) is 0 Å². The summed E-state index contributed by atoms with van der Waals surface area (Å²) in [6, 6.07) is 12.2. The Bertz CT molecular complexity index is 900. The van der Waals surface area contributed by atoms with Crippen molar-refractivity contribution in [2.75, 3.05) is 7.05 Å². The van der Waals surface area contributed by atoms with Crippen LogP contribution in [0.2, 0.25) is 0 Å². The minimum atomic E-state index is -0.0943. The molecule has 0 saturated carbocycles. The molecule has 25 heavy (non-hydrogen) atoms. The molecule has 1 aliphatic rings. The molecule has 0 fully saturated rings. The van der Waals surface area contributed by atoms with E-state index in [-0.39, 0.29) is 29.9 Å². The highest BCUT2D eigenvalue weighted by atomic mass is 16.2. The predicted octanol–water partition coefficient (Wildman–Crippen LogP) is 2.47. The molecule has 0 spiro atoms. The average Bonchev–Trinajstić information content (AvgIpc) is 2.95. The molecule has 0 N–H and O–H groups in total. The summed E-state index contributed by atoms with van der Waals surface area (Å²) in [6.45, 7) is 1.71. The van der Waals surface area contributed by atoms with Gasteiger partial charge >= 0.3 is 0 Å². The van der Waals surface area contributed by atoms with Gasteiger partial charge < -0.3 is 9.47 Å². The maximum atomic E-state index is 12.8. The van der Waals surface area contributed by atoms with E-state index in [0.717, 1.165) is 19.3 Å². The molecule has 126 valence electrons. The van der Waals surface area contributed by atoms with E-state index >= 15 is 0 Å². The third-order valence-corrected chi connectivity index (χ3v) is 4.86.